The highest BCUT2D eigenvalue weighted by molar-refractivity contribution is 5.86. The van der Waals surface area contributed by atoms with Crippen LogP contribution in [0.15, 0.2) is 18.3 Å². The zero-order valence-electron chi connectivity index (χ0n) is 10.9. The van der Waals surface area contributed by atoms with Crippen molar-refractivity contribution in [3.8, 4) is 0 Å². The van der Waals surface area contributed by atoms with Crippen LogP contribution >= 0.6 is 0 Å². The van der Waals surface area contributed by atoms with Crippen molar-refractivity contribution in [1.29, 1.82) is 0 Å². The molecule has 1 aromatic rings. The van der Waals surface area contributed by atoms with Crippen molar-refractivity contribution in [2.24, 2.45) is 11.8 Å². The van der Waals surface area contributed by atoms with Crippen molar-refractivity contribution in [3.05, 3.63) is 24.0 Å². The molecule has 1 fully saturated rings. The maximum atomic E-state index is 10.8. The molecule has 1 aromatic heterocycles. The third kappa shape index (κ3) is 3.67. The Hall–Kier alpha value is -1.62. The summed E-state index contributed by atoms with van der Waals surface area (Å²) in [6.07, 6.45) is 6.10. The number of carboxylic acids is 1. The number of pyridine rings is 1. The van der Waals surface area contributed by atoms with Crippen LogP contribution in [0.3, 0.4) is 0 Å². The summed E-state index contributed by atoms with van der Waals surface area (Å²) in [6.45, 7) is 1.01. The first kappa shape index (κ1) is 13.8. The quantitative estimate of drug-likeness (QED) is 0.757. The second-order valence-electron chi connectivity index (χ2n) is 5.10. The van der Waals surface area contributed by atoms with E-state index in [9.17, 15) is 9.90 Å². The molecule has 5 nitrogen and oxygen atoms in total. The van der Waals surface area contributed by atoms with Crippen LogP contribution in [0.5, 0.6) is 0 Å². The summed E-state index contributed by atoms with van der Waals surface area (Å²) in [5, 5.41) is 21.5. The number of hydrogen-bond donors (Lipinski definition) is 3. The molecule has 0 aromatic carbocycles. The first-order valence-electron chi connectivity index (χ1n) is 6.75. The minimum Gasteiger partial charge on any atom is -0.477 e. The van der Waals surface area contributed by atoms with E-state index in [0.717, 1.165) is 25.1 Å². The van der Waals surface area contributed by atoms with Crippen molar-refractivity contribution < 1.29 is 15.0 Å². The molecule has 1 heterocycles. The zero-order chi connectivity index (χ0) is 13.7. The smallest absolute Gasteiger partial charge is 0.354 e. The van der Waals surface area contributed by atoms with Crippen molar-refractivity contribution in [1.82, 2.24) is 4.98 Å². The van der Waals surface area contributed by atoms with E-state index >= 15 is 0 Å². The van der Waals surface area contributed by atoms with E-state index in [1.54, 1.807) is 12.1 Å². The minimum atomic E-state index is -1.02. The lowest BCUT2D eigenvalue weighted by Gasteiger charge is -2.30. The molecular weight excluding hydrogens is 244 g/mol. The van der Waals surface area contributed by atoms with Crippen LogP contribution in [0.1, 0.15) is 36.2 Å². The summed E-state index contributed by atoms with van der Waals surface area (Å²) in [5.41, 5.74) is 0.821. The second kappa shape index (κ2) is 6.52. The monoisotopic (exact) mass is 264 g/mol. The molecule has 1 aliphatic rings. The molecule has 1 aliphatic carbocycles. The van der Waals surface area contributed by atoms with Crippen LogP contribution in [0, 0.1) is 11.8 Å². The van der Waals surface area contributed by atoms with Gasteiger partial charge in [0, 0.05) is 25.0 Å². The lowest BCUT2D eigenvalue weighted by molar-refractivity contribution is 0.0690. The molecule has 1 saturated carbocycles. The van der Waals surface area contributed by atoms with Gasteiger partial charge in [-0.3, -0.25) is 0 Å². The van der Waals surface area contributed by atoms with Crippen LogP contribution in [-0.2, 0) is 0 Å². The largest absolute Gasteiger partial charge is 0.477 e. The van der Waals surface area contributed by atoms with Gasteiger partial charge in [0.25, 0.3) is 0 Å². The van der Waals surface area contributed by atoms with Crippen LogP contribution in [-0.4, -0.2) is 34.3 Å². The number of carbonyl (C=O) groups is 1. The third-order valence-corrected chi connectivity index (χ3v) is 3.85. The van der Waals surface area contributed by atoms with Crippen LogP contribution < -0.4 is 5.32 Å². The lowest BCUT2D eigenvalue weighted by atomic mass is 9.79. The Labute approximate surface area is 112 Å². The van der Waals surface area contributed by atoms with Gasteiger partial charge in [-0.15, -0.1) is 0 Å². The maximum Gasteiger partial charge on any atom is 0.354 e. The van der Waals surface area contributed by atoms with E-state index in [0.29, 0.717) is 11.8 Å². The number of carboxylic acid groups (broad SMARTS) is 1. The van der Waals surface area contributed by atoms with Gasteiger partial charge in [-0.05, 0) is 36.8 Å². The summed E-state index contributed by atoms with van der Waals surface area (Å²) < 4.78 is 0. The normalized spacial score (nSPS) is 23.0. The van der Waals surface area contributed by atoms with E-state index in [-0.39, 0.29) is 12.3 Å². The van der Waals surface area contributed by atoms with Crippen LogP contribution in [0.2, 0.25) is 0 Å². The number of nitrogens with zero attached hydrogens (tertiary/aromatic N) is 1. The number of aromatic nitrogens is 1. The van der Waals surface area contributed by atoms with Crippen molar-refractivity contribution in [2.45, 2.75) is 25.7 Å². The van der Waals surface area contributed by atoms with Crippen LogP contribution in [0.4, 0.5) is 5.69 Å². The van der Waals surface area contributed by atoms with Crippen LogP contribution in [0.25, 0.3) is 0 Å². The predicted molar refractivity (Wildman–Crippen MR) is 72.2 cm³/mol. The Morgan fingerprint density at radius 3 is 2.79 bits per heavy atom. The average molecular weight is 264 g/mol. The molecule has 2 rings (SSSR count). The van der Waals surface area contributed by atoms with Gasteiger partial charge in [-0.1, -0.05) is 12.8 Å². The third-order valence-electron chi connectivity index (χ3n) is 3.85. The lowest BCUT2D eigenvalue weighted by Crippen LogP contribution is -2.28. The van der Waals surface area contributed by atoms with E-state index < -0.39 is 5.97 Å². The molecule has 2 unspecified atom stereocenters. The highest BCUT2D eigenvalue weighted by Crippen LogP contribution is 2.29. The van der Waals surface area contributed by atoms with Gasteiger partial charge in [0.1, 0.15) is 5.69 Å². The Morgan fingerprint density at radius 1 is 1.37 bits per heavy atom. The Bertz CT molecular complexity index is 436. The van der Waals surface area contributed by atoms with Gasteiger partial charge in [0.15, 0.2) is 0 Å². The van der Waals surface area contributed by atoms with Gasteiger partial charge in [-0.25, -0.2) is 9.78 Å². The molecule has 3 N–H and O–H groups in total. The highest BCUT2D eigenvalue weighted by atomic mass is 16.4. The molecule has 0 radical (unpaired) electrons. The van der Waals surface area contributed by atoms with Gasteiger partial charge in [-0.2, -0.15) is 0 Å². The number of hydrogen-bond acceptors (Lipinski definition) is 4. The highest BCUT2D eigenvalue weighted by Gasteiger charge is 2.24. The van der Waals surface area contributed by atoms with Crippen molar-refractivity contribution in [2.75, 3.05) is 18.5 Å². The summed E-state index contributed by atoms with van der Waals surface area (Å²) >= 11 is 0. The standard InChI is InChI=1S/C14H20N2O3/c17-9-11-4-2-1-3-10(11)8-16-12-5-6-15-13(7-12)14(18)19/h5-7,10-11,17H,1-4,8-9H2,(H,15,16)(H,18,19). The Kier molecular flexibility index (Phi) is 4.74. The zero-order valence-corrected chi connectivity index (χ0v) is 10.9. The molecule has 0 bridgehead atoms. The fourth-order valence-electron chi connectivity index (χ4n) is 2.70. The summed E-state index contributed by atoms with van der Waals surface area (Å²) in [7, 11) is 0. The fourth-order valence-corrected chi connectivity index (χ4v) is 2.70. The van der Waals surface area contributed by atoms with Crippen molar-refractivity contribution in [3.63, 3.8) is 0 Å². The fraction of sp³-hybridized carbons (Fsp3) is 0.571. The van der Waals surface area contributed by atoms with Gasteiger partial charge < -0.3 is 15.5 Å². The Balaban J connectivity index is 1.94. The number of nitrogens with one attached hydrogen (secondary N) is 1. The molecule has 2 atom stereocenters. The van der Waals surface area contributed by atoms with E-state index in [1.807, 2.05) is 0 Å². The molecule has 5 heteroatoms. The number of aliphatic hydroxyl groups is 1. The second-order valence-corrected chi connectivity index (χ2v) is 5.10. The average Bonchev–Trinajstić information content (AvgIpc) is 2.45. The van der Waals surface area contributed by atoms with Gasteiger partial charge in [0.2, 0.25) is 0 Å². The first-order valence-corrected chi connectivity index (χ1v) is 6.75. The van der Waals surface area contributed by atoms with Gasteiger partial charge >= 0.3 is 5.97 Å². The minimum absolute atomic E-state index is 0.0485. The summed E-state index contributed by atoms with van der Waals surface area (Å²) in [4.78, 5) is 14.6. The first-order chi connectivity index (χ1) is 9.20. The number of rotatable bonds is 5. The summed E-state index contributed by atoms with van der Waals surface area (Å²) in [5.74, 6) is -0.197. The predicted octanol–water partition coefficient (Wildman–Crippen LogP) is 1.99. The molecule has 0 amide bonds. The van der Waals surface area contributed by atoms with E-state index in [1.165, 1.54) is 19.0 Å². The van der Waals surface area contributed by atoms with E-state index in [4.69, 9.17) is 5.11 Å². The molecule has 0 spiro atoms. The molecule has 104 valence electrons. The van der Waals surface area contributed by atoms with Gasteiger partial charge in [0.05, 0.1) is 0 Å². The molecule has 19 heavy (non-hydrogen) atoms. The Morgan fingerprint density at radius 2 is 2.11 bits per heavy atom. The molecule has 0 saturated heterocycles. The van der Waals surface area contributed by atoms with Crippen molar-refractivity contribution >= 4 is 11.7 Å². The molecular formula is C14H20N2O3. The molecule has 0 aliphatic heterocycles. The topological polar surface area (TPSA) is 82.5 Å². The summed E-state index contributed by atoms with van der Waals surface area (Å²) in [6, 6.07) is 3.31. The number of anilines is 1. The SMILES string of the molecule is O=C(O)c1cc(NCC2CCCCC2CO)ccn1. The van der Waals surface area contributed by atoms with E-state index in [2.05, 4.69) is 10.3 Å². The number of aliphatic hydroxyl groups excluding tert-OH is 1. The maximum absolute atomic E-state index is 10.8. The number of aromatic carboxylic acids is 1.